The number of amides is 2. The normalized spacial score (nSPS) is 26.0. The van der Waals surface area contributed by atoms with Crippen molar-refractivity contribution in [3.8, 4) is 0 Å². The lowest BCUT2D eigenvalue weighted by molar-refractivity contribution is -0.114. The molecule has 0 saturated carbocycles. The zero-order valence-corrected chi connectivity index (χ0v) is 13.4. The van der Waals surface area contributed by atoms with Gasteiger partial charge in [0.15, 0.2) is 0 Å². The van der Waals surface area contributed by atoms with Gasteiger partial charge in [-0.25, -0.2) is 4.39 Å². The van der Waals surface area contributed by atoms with Crippen LogP contribution in [0.1, 0.15) is 43.0 Å². The van der Waals surface area contributed by atoms with Crippen LogP contribution in [0.15, 0.2) is 18.2 Å². The molecule has 2 aliphatic rings. The number of benzene rings is 1. The Morgan fingerprint density at radius 2 is 1.91 bits per heavy atom. The minimum absolute atomic E-state index is 0.00429. The van der Waals surface area contributed by atoms with E-state index in [0.717, 1.165) is 25.7 Å². The number of fused-ring (bicyclic) bond motifs is 2. The maximum atomic E-state index is 14.1. The van der Waals surface area contributed by atoms with E-state index in [4.69, 9.17) is 0 Å². The number of nitrogens with zero attached hydrogens (tertiary/aromatic N) is 1. The average Bonchev–Trinajstić information content (AvgIpc) is 2.85. The molecule has 0 radical (unpaired) electrons. The Bertz CT molecular complexity index is 622. The van der Waals surface area contributed by atoms with Crippen molar-refractivity contribution < 1.29 is 14.0 Å². The summed E-state index contributed by atoms with van der Waals surface area (Å²) < 4.78 is 14.1. The zero-order valence-electron chi connectivity index (χ0n) is 13.4. The second-order valence-corrected chi connectivity index (χ2v) is 6.55. The smallest absolute Gasteiger partial charge is 0.256 e. The third kappa shape index (κ3) is 3.37. The molecule has 23 heavy (non-hydrogen) atoms. The van der Waals surface area contributed by atoms with Crippen molar-refractivity contribution in [2.24, 2.45) is 0 Å². The van der Waals surface area contributed by atoms with E-state index in [1.165, 1.54) is 25.1 Å². The fraction of sp³-hybridized carbons (Fsp3) is 0.529. The molecular formula is C17H22FN3O2. The number of piperidine rings is 1. The molecule has 2 aliphatic heterocycles. The summed E-state index contributed by atoms with van der Waals surface area (Å²) in [5, 5.41) is 6.12. The highest BCUT2D eigenvalue weighted by molar-refractivity contribution is 5.97. The van der Waals surface area contributed by atoms with Gasteiger partial charge in [0.2, 0.25) is 5.91 Å². The van der Waals surface area contributed by atoms with E-state index < -0.39 is 5.82 Å². The Morgan fingerprint density at radius 1 is 1.26 bits per heavy atom. The maximum Gasteiger partial charge on any atom is 0.256 e. The van der Waals surface area contributed by atoms with Gasteiger partial charge in [-0.2, -0.15) is 0 Å². The molecule has 5 nitrogen and oxygen atoms in total. The molecule has 2 amide bonds. The number of carbonyl (C=O) groups excluding carboxylic acids is 2. The van der Waals surface area contributed by atoms with Gasteiger partial charge in [0.1, 0.15) is 5.82 Å². The van der Waals surface area contributed by atoms with Crippen LogP contribution in [0.25, 0.3) is 0 Å². The topological polar surface area (TPSA) is 61.4 Å². The van der Waals surface area contributed by atoms with Crippen molar-refractivity contribution in [3.05, 3.63) is 29.6 Å². The average molecular weight is 319 g/mol. The first-order valence-corrected chi connectivity index (χ1v) is 8.04. The predicted molar refractivity (Wildman–Crippen MR) is 85.8 cm³/mol. The molecule has 2 atom stereocenters. The quantitative estimate of drug-likeness (QED) is 0.897. The lowest BCUT2D eigenvalue weighted by Gasteiger charge is -2.35. The molecule has 2 unspecified atom stereocenters. The van der Waals surface area contributed by atoms with Crippen molar-refractivity contribution in [1.29, 1.82) is 0 Å². The minimum atomic E-state index is -0.562. The molecule has 0 aromatic heterocycles. The van der Waals surface area contributed by atoms with Crippen molar-refractivity contribution in [2.75, 3.05) is 12.4 Å². The SMILES string of the molecule is CC(=O)Nc1ccc(F)c(C(=O)N(C)C2CC3CCC(C2)N3)c1. The van der Waals surface area contributed by atoms with E-state index in [1.807, 2.05) is 0 Å². The number of halogens is 1. The summed E-state index contributed by atoms with van der Waals surface area (Å²) in [5.74, 6) is -1.15. The van der Waals surface area contributed by atoms with Gasteiger partial charge in [0.25, 0.3) is 5.91 Å². The Labute approximate surface area is 135 Å². The number of hydrogen-bond acceptors (Lipinski definition) is 3. The molecule has 2 N–H and O–H groups in total. The van der Waals surface area contributed by atoms with Crippen molar-refractivity contribution in [1.82, 2.24) is 10.2 Å². The van der Waals surface area contributed by atoms with E-state index in [1.54, 1.807) is 11.9 Å². The van der Waals surface area contributed by atoms with E-state index in [0.29, 0.717) is 17.8 Å². The molecule has 0 spiro atoms. The number of hydrogen-bond donors (Lipinski definition) is 2. The Balaban J connectivity index is 1.77. The first kappa shape index (κ1) is 15.9. The fourth-order valence-electron chi connectivity index (χ4n) is 3.67. The van der Waals surface area contributed by atoms with Crippen LogP contribution in [-0.4, -0.2) is 41.9 Å². The van der Waals surface area contributed by atoms with Crippen LogP contribution in [0.3, 0.4) is 0 Å². The van der Waals surface area contributed by atoms with Crippen LogP contribution in [0.2, 0.25) is 0 Å². The van der Waals surface area contributed by atoms with Gasteiger partial charge in [-0.1, -0.05) is 0 Å². The summed E-state index contributed by atoms with van der Waals surface area (Å²) in [6, 6.07) is 5.14. The largest absolute Gasteiger partial charge is 0.339 e. The summed E-state index contributed by atoms with van der Waals surface area (Å²) >= 11 is 0. The van der Waals surface area contributed by atoms with Gasteiger partial charge in [0, 0.05) is 37.8 Å². The fourth-order valence-corrected chi connectivity index (χ4v) is 3.67. The zero-order chi connectivity index (χ0) is 16.6. The summed E-state index contributed by atoms with van der Waals surface area (Å²) in [5.41, 5.74) is 0.436. The molecular weight excluding hydrogens is 297 g/mol. The van der Waals surface area contributed by atoms with Gasteiger partial charge in [-0.15, -0.1) is 0 Å². The van der Waals surface area contributed by atoms with Gasteiger partial charge >= 0.3 is 0 Å². The minimum Gasteiger partial charge on any atom is -0.339 e. The molecule has 0 aliphatic carbocycles. The van der Waals surface area contributed by atoms with E-state index >= 15 is 0 Å². The maximum absolute atomic E-state index is 14.1. The first-order valence-electron chi connectivity index (χ1n) is 8.04. The summed E-state index contributed by atoms with van der Waals surface area (Å²) in [4.78, 5) is 25.5. The van der Waals surface area contributed by atoms with Crippen molar-refractivity contribution in [3.63, 3.8) is 0 Å². The highest BCUT2D eigenvalue weighted by Gasteiger charge is 2.36. The first-order chi connectivity index (χ1) is 10.9. The molecule has 2 saturated heterocycles. The molecule has 2 bridgehead atoms. The van der Waals surface area contributed by atoms with Gasteiger partial charge in [0.05, 0.1) is 5.56 Å². The third-order valence-corrected chi connectivity index (χ3v) is 4.83. The summed E-state index contributed by atoms with van der Waals surface area (Å²) in [6.07, 6.45) is 4.11. The molecule has 3 rings (SSSR count). The number of carbonyl (C=O) groups is 2. The van der Waals surface area contributed by atoms with Crippen molar-refractivity contribution in [2.45, 2.75) is 50.7 Å². The third-order valence-electron chi connectivity index (χ3n) is 4.83. The van der Waals surface area contributed by atoms with Crippen LogP contribution in [0.4, 0.5) is 10.1 Å². The molecule has 1 aromatic carbocycles. The second kappa shape index (κ2) is 6.28. The highest BCUT2D eigenvalue weighted by atomic mass is 19.1. The van der Waals surface area contributed by atoms with Crippen LogP contribution >= 0.6 is 0 Å². The van der Waals surface area contributed by atoms with Gasteiger partial charge in [-0.3, -0.25) is 9.59 Å². The molecule has 124 valence electrons. The van der Waals surface area contributed by atoms with Crippen LogP contribution < -0.4 is 10.6 Å². The van der Waals surface area contributed by atoms with Crippen LogP contribution in [0, 0.1) is 5.82 Å². The van der Waals surface area contributed by atoms with E-state index in [9.17, 15) is 14.0 Å². The Kier molecular flexibility index (Phi) is 4.35. The van der Waals surface area contributed by atoms with E-state index in [-0.39, 0.29) is 23.4 Å². The predicted octanol–water partition coefficient (Wildman–Crippen LogP) is 2.14. The van der Waals surface area contributed by atoms with Gasteiger partial charge in [-0.05, 0) is 43.9 Å². The lowest BCUT2D eigenvalue weighted by Crippen LogP contribution is -2.48. The summed E-state index contributed by atoms with van der Waals surface area (Å²) in [7, 11) is 1.74. The highest BCUT2D eigenvalue weighted by Crippen LogP contribution is 2.30. The van der Waals surface area contributed by atoms with E-state index in [2.05, 4.69) is 10.6 Å². The summed E-state index contributed by atoms with van der Waals surface area (Å²) in [6.45, 7) is 1.38. The molecule has 2 fully saturated rings. The molecule has 1 aromatic rings. The molecule has 6 heteroatoms. The molecule has 2 heterocycles. The second-order valence-electron chi connectivity index (χ2n) is 6.55. The number of nitrogens with one attached hydrogen (secondary N) is 2. The van der Waals surface area contributed by atoms with Gasteiger partial charge < -0.3 is 15.5 Å². The standard InChI is InChI=1S/C17H22FN3O2/c1-10(22)19-13-5-6-16(18)15(9-13)17(23)21(2)14-7-11-3-4-12(8-14)20-11/h5-6,9,11-12,14,20H,3-4,7-8H2,1-2H3,(H,19,22). The van der Waals surface area contributed by atoms with Crippen molar-refractivity contribution >= 4 is 17.5 Å². The monoisotopic (exact) mass is 319 g/mol. The number of anilines is 1. The Hall–Kier alpha value is -1.95. The van der Waals surface area contributed by atoms with Crippen LogP contribution in [-0.2, 0) is 4.79 Å². The number of rotatable bonds is 3. The Morgan fingerprint density at radius 3 is 2.52 bits per heavy atom. The van der Waals surface area contributed by atoms with Crippen LogP contribution in [0.5, 0.6) is 0 Å². The lowest BCUT2D eigenvalue weighted by atomic mass is 9.98.